The fourth-order valence-electron chi connectivity index (χ4n) is 2.58. The second kappa shape index (κ2) is 6.21. The van der Waals surface area contributed by atoms with Crippen LogP contribution < -0.4 is 11.1 Å². The molecular formula is C14H20Cl2N2O. The van der Waals surface area contributed by atoms with Gasteiger partial charge in [0, 0.05) is 12.2 Å². The van der Waals surface area contributed by atoms with Crippen LogP contribution in [0.3, 0.4) is 0 Å². The normalized spacial score (nSPS) is 18.9. The topological polar surface area (TPSA) is 58.3 Å². The van der Waals surface area contributed by atoms with Gasteiger partial charge in [0.1, 0.15) is 0 Å². The smallest absolute Gasteiger partial charge is 0.0819 e. The molecule has 0 atom stereocenters. The molecule has 3 nitrogen and oxygen atoms in total. The van der Waals surface area contributed by atoms with Gasteiger partial charge in [-0.3, -0.25) is 0 Å². The first kappa shape index (κ1) is 14.8. The number of benzene rings is 1. The summed E-state index contributed by atoms with van der Waals surface area (Å²) >= 11 is 12.2. The lowest BCUT2D eigenvalue weighted by atomic mass is 9.94. The second-order valence-electron chi connectivity index (χ2n) is 5.35. The summed E-state index contributed by atoms with van der Waals surface area (Å²) in [5, 5.41) is 14.7. The highest BCUT2D eigenvalue weighted by Crippen LogP contribution is 2.34. The predicted octanol–water partition coefficient (Wildman–Crippen LogP) is 4.07. The Morgan fingerprint density at radius 1 is 1.11 bits per heavy atom. The van der Waals surface area contributed by atoms with Crippen LogP contribution in [-0.4, -0.2) is 17.3 Å². The van der Waals surface area contributed by atoms with Crippen molar-refractivity contribution in [3.8, 4) is 0 Å². The van der Waals surface area contributed by atoms with Gasteiger partial charge in [0.05, 0.1) is 21.3 Å². The maximum Gasteiger partial charge on any atom is 0.0819 e. The van der Waals surface area contributed by atoms with Gasteiger partial charge in [-0.05, 0) is 25.0 Å². The van der Waals surface area contributed by atoms with Crippen LogP contribution in [0.2, 0.25) is 10.0 Å². The third-order valence-electron chi connectivity index (χ3n) is 3.69. The molecule has 0 amide bonds. The van der Waals surface area contributed by atoms with Crippen molar-refractivity contribution in [3.63, 3.8) is 0 Å². The van der Waals surface area contributed by atoms with Crippen molar-refractivity contribution in [2.75, 3.05) is 17.6 Å². The molecule has 0 bridgehead atoms. The quantitative estimate of drug-likeness (QED) is 0.582. The molecule has 1 fully saturated rings. The minimum Gasteiger partial charge on any atom is -0.399 e. The lowest BCUT2D eigenvalue weighted by Gasteiger charge is -2.27. The van der Waals surface area contributed by atoms with Crippen LogP contribution in [0.1, 0.15) is 38.5 Å². The second-order valence-corrected chi connectivity index (χ2v) is 6.17. The zero-order chi connectivity index (χ0) is 13.9. The third kappa shape index (κ3) is 3.91. The predicted molar refractivity (Wildman–Crippen MR) is 82.0 cm³/mol. The Labute approximate surface area is 124 Å². The van der Waals surface area contributed by atoms with Crippen molar-refractivity contribution >= 4 is 34.6 Å². The van der Waals surface area contributed by atoms with Crippen LogP contribution in [0.5, 0.6) is 0 Å². The SMILES string of the molecule is Nc1cc(Cl)c(NCC2(O)CCCCCC2)c(Cl)c1. The first-order chi connectivity index (χ1) is 9.00. The number of hydrogen-bond acceptors (Lipinski definition) is 3. The number of halogens is 2. The average Bonchev–Trinajstić information content (AvgIpc) is 2.53. The number of hydrogen-bond donors (Lipinski definition) is 3. The maximum absolute atomic E-state index is 10.6. The highest BCUT2D eigenvalue weighted by Gasteiger charge is 2.28. The van der Waals surface area contributed by atoms with Crippen molar-refractivity contribution in [1.82, 2.24) is 0 Å². The van der Waals surface area contributed by atoms with Gasteiger partial charge >= 0.3 is 0 Å². The lowest BCUT2D eigenvalue weighted by molar-refractivity contribution is 0.0381. The standard InChI is InChI=1S/C14H20Cl2N2O/c15-11-7-10(17)8-12(16)13(11)18-9-14(19)5-3-1-2-4-6-14/h7-8,18-19H,1-6,9,17H2. The molecule has 0 aliphatic heterocycles. The van der Waals surface area contributed by atoms with Gasteiger partial charge in [0.15, 0.2) is 0 Å². The van der Waals surface area contributed by atoms with Gasteiger partial charge < -0.3 is 16.2 Å². The zero-order valence-corrected chi connectivity index (χ0v) is 12.4. The molecule has 1 aromatic carbocycles. The zero-order valence-electron chi connectivity index (χ0n) is 10.9. The van der Waals surface area contributed by atoms with Crippen molar-refractivity contribution in [1.29, 1.82) is 0 Å². The van der Waals surface area contributed by atoms with E-state index in [4.69, 9.17) is 28.9 Å². The van der Waals surface area contributed by atoms with Gasteiger partial charge in [0.2, 0.25) is 0 Å². The van der Waals surface area contributed by atoms with E-state index in [1.165, 1.54) is 12.8 Å². The Kier molecular flexibility index (Phi) is 4.82. The fourth-order valence-corrected chi connectivity index (χ4v) is 3.22. The summed E-state index contributed by atoms with van der Waals surface area (Å²) in [6, 6.07) is 3.32. The van der Waals surface area contributed by atoms with E-state index in [0.29, 0.717) is 28.0 Å². The van der Waals surface area contributed by atoms with Gasteiger partial charge in [0.25, 0.3) is 0 Å². The van der Waals surface area contributed by atoms with Crippen LogP contribution in [0.25, 0.3) is 0 Å². The van der Waals surface area contributed by atoms with E-state index in [2.05, 4.69) is 5.32 Å². The van der Waals surface area contributed by atoms with Gasteiger partial charge in [-0.1, -0.05) is 48.9 Å². The van der Waals surface area contributed by atoms with Crippen molar-refractivity contribution < 1.29 is 5.11 Å². The van der Waals surface area contributed by atoms with Gasteiger partial charge in [-0.25, -0.2) is 0 Å². The summed E-state index contributed by atoms with van der Waals surface area (Å²) in [5.41, 5.74) is 6.19. The average molecular weight is 303 g/mol. The largest absolute Gasteiger partial charge is 0.399 e. The van der Waals surface area contributed by atoms with E-state index in [-0.39, 0.29) is 0 Å². The Hall–Kier alpha value is -0.640. The Morgan fingerprint density at radius 3 is 2.16 bits per heavy atom. The molecule has 1 aliphatic carbocycles. The number of nitrogen functional groups attached to an aromatic ring is 1. The molecule has 19 heavy (non-hydrogen) atoms. The molecule has 106 valence electrons. The first-order valence-corrected chi connectivity index (χ1v) is 7.47. The van der Waals surface area contributed by atoms with Crippen LogP contribution >= 0.6 is 23.2 Å². The van der Waals surface area contributed by atoms with E-state index >= 15 is 0 Å². The number of aliphatic hydroxyl groups is 1. The molecule has 0 aromatic heterocycles. The van der Waals surface area contributed by atoms with Crippen molar-refractivity contribution in [2.45, 2.75) is 44.1 Å². The van der Waals surface area contributed by atoms with Crippen molar-refractivity contribution in [3.05, 3.63) is 22.2 Å². The highest BCUT2D eigenvalue weighted by atomic mass is 35.5. The third-order valence-corrected chi connectivity index (χ3v) is 4.29. The summed E-state index contributed by atoms with van der Waals surface area (Å²) in [7, 11) is 0. The number of anilines is 2. The Balaban J connectivity index is 2.05. The highest BCUT2D eigenvalue weighted by molar-refractivity contribution is 6.39. The molecule has 1 aliphatic rings. The molecule has 1 aromatic rings. The number of nitrogens with one attached hydrogen (secondary N) is 1. The molecule has 0 unspecified atom stereocenters. The fraction of sp³-hybridized carbons (Fsp3) is 0.571. The monoisotopic (exact) mass is 302 g/mol. The minimum atomic E-state index is -0.662. The number of rotatable bonds is 3. The summed E-state index contributed by atoms with van der Waals surface area (Å²) in [6.07, 6.45) is 6.19. The summed E-state index contributed by atoms with van der Waals surface area (Å²) in [6.45, 7) is 0.469. The van der Waals surface area contributed by atoms with Crippen LogP contribution in [0, 0.1) is 0 Å². The van der Waals surface area contributed by atoms with Crippen LogP contribution in [0.4, 0.5) is 11.4 Å². The Bertz CT molecular complexity index is 420. The summed E-state index contributed by atoms with van der Waals surface area (Å²) in [5.74, 6) is 0. The molecule has 0 spiro atoms. The summed E-state index contributed by atoms with van der Waals surface area (Å²) < 4.78 is 0. The number of nitrogens with two attached hydrogens (primary N) is 1. The molecular weight excluding hydrogens is 283 g/mol. The molecule has 0 saturated heterocycles. The summed E-state index contributed by atoms with van der Waals surface area (Å²) in [4.78, 5) is 0. The molecule has 2 rings (SSSR count). The van der Waals surface area contributed by atoms with Crippen LogP contribution in [-0.2, 0) is 0 Å². The first-order valence-electron chi connectivity index (χ1n) is 6.71. The Morgan fingerprint density at radius 2 is 1.63 bits per heavy atom. The van der Waals surface area contributed by atoms with E-state index < -0.39 is 5.60 Å². The minimum absolute atomic E-state index is 0.469. The van der Waals surface area contributed by atoms with E-state index in [0.717, 1.165) is 25.7 Å². The molecule has 0 heterocycles. The van der Waals surface area contributed by atoms with E-state index in [1.54, 1.807) is 12.1 Å². The van der Waals surface area contributed by atoms with Crippen molar-refractivity contribution in [2.24, 2.45) is 0 Å². The van der Waals surface area contributed by atoms with E-state index in [1.807, 2.05) is 0 Å². The van der Waals surface area contributed by atoms with Gasteiger partial charge in [-0.15, -0.1) is 0 Å². The van der Waals surface area contributed by atoms with Crippen LogP contribution in [0.15, 0.2) is 12.1 Å². The lowest BCUT2D eigenvalue weighted by Crippen LogP contribution is -2.36. The molecule has 4 N–H and O–H groups in total. The molecule has 1 saturated carbocycles. The van der Waals surface area contributed by atoms with E-state index in [9.17, 15) is 5.11 Å². The van der Waals surface area contributed by atoms with Gasteiger partial charge in [-0.2, -0.15) is 0 Å². The maximum atomic E-state index is 10.6. The molecule has 0 radical (unpaired) electrons. The molecule has 5 heteroatoms.